The van der Waals surface area contributed by atoms with Gasteiger partial charge in [0.25, 0.3) is 0 Å². The first-order valence-electron chi connectivity index (χ1n) is 3.28. The highest BCUT2D eigenvalue weighted by Crippen LogP contribution is 2.28. The van der Waals surface area contributed by atoms with E-state index in [4.69, 9.17) is 16.9 Å². The first-order valence-corrected chi connectivity index (χ1v) is 3.66. The number of ether oxygens (including phenoxy) is 1. The van der Waals surface area contributed by atoms with E-state index in [0.717, 1.165) is 0 Å². The molecule has 13 heavy (non-hydrogen) atoms. The third-order valence-electron chi connectivity index (χ3n) is 1.30. The number of nitrogens with zero attached hydrogens (tertiary/aromatic N) is 1. The average molecular weight is 204 g/mol. The van der Waals surface area contributed by atoms with Gasteiger partial charge in [-0.15, -0.1) is 0 Å². The molecule has 0 fully saturated rings. The molecule has 1 aromatic carbocycles. The maximum absolute atomic E-state index is 11.8. The molecule has 0 N–H and O–H groups in total. The maximum Gasteiger partial charge on any atom is 0.387 e. The van der Waals surface area contributed by atoms with Crippen molar-refractivity contribution < 1.29 is 13.5 Å². The van der Waals surface area contributed by atoms with Crippen molar-refractivity contribution in [2.24, 2.45) is 0 Å². The Balaban J connectivity index is 3.03. The van der Waals surface area contributed by atoms with Crippen molar-refractivity contribution in [1.29, 1.82) is 5.26 Å². The number of nitriles is 1. The Morgan fingerprint density at radius 3 is 2.69 bits per heavy atom. The van der Waals surface area contributed by atoms with E-state index in [1.165, 1.54) is 18.2 Å². The second-order valence-corrected chi connectivity index (χ2v) is 2.49. The molecule has 0 amide bonds. The highest BCUT2D eigenvalue weighted by molar-refractivity contribution is 6.33. The minimum atomic E-state index is -2.94. The third kappa shape index (κ3) is 2.30. The second-order valence-electron chi connectivity index (χ2n) is 2.11. The van der Waals surface area contributed by atoms with Gasteiger partial charge < -0.3 is 4.74 Å². The van der Waals surface area contributed by atoms with Gasteiger partial charge in [-0.1, -0.05) is 17.7 Å². The molecule has 0 saturated heterocycles. The van der Waals surface area contributed by atoms with Crippen molar-refractivity contribution in [3.05, 3.63) is 28.8 Å². The molecule has 1 aromatic rings. The Hall–Kier alpha value is -1.34. The average Bonchev–Trinajstić information content (AvgIpc) is 2.08. The number of benzene rings is 1. The summed E-state index contributed by atoms with van der Waals surface area (Å²) < 4.78 is 27.6. The van der Waals surface area contributed by atoms with E-state index in [9.17, 15) is 8.78 Å². The Bertz CT molecular complexity index is 348. The normalized spacial score (nSPS) is 9.77. The molecule has 0 bridgehead atoms. The molecule has 0 aliphatic carbocycles. The highest BCUT2D eigenvalue weighted by atomic mass is 35.5. The second kappa shape index (κ2) is 4.06. The monoisotopic (exact) mass is 203 g/mol. The molecule has 5 heteroatoms. The Morgan fingerprint density at radius 1 is 1.46 bits per heavy atom. The zero-order chi connectivity index (χ0) is 9.84. The molecular weight excluding hydrogens is 200 g/mol. The quantitative estimate of drug-likeness (QED) is 0.741. The predicted molar refractivity (Wildman–Crippen MR) is 42.8 cm³/mol. The zero-order valence-electron chi connectivity index (χ0n) is 6.30. The van der Waals surface area contributed by atoms with Crippen LogP contribution in [0.2, 0.25) is 5.02 Å². The van der Waals surface area contributed by atoms with Crippen LogP contribution in [0.15, 0.2) is 18.2 Å². The van der Waals surface area contributed by atoms with Crippen molar-refractivity contribution in [2.75, 3.05) is 0 Å². The largest absolute Gasteiger partial charge is 0.433 e. The van der Waals surface area contributed by atoms with Gasteiger partial charge in [0.15, 0.2) is 0 Å². The number of rotatable bonds is 2. The summed E-state index contributed by atoms with van der Waals surface area (Å²) >= 11 is 5.57. The summed E-state index contributed by atoms with van der Waals surface area (Å²) in [5.74, 6) is -0.185. The molecule has 0 aliphatic rings. The van der Waals surface area contributed by atoms with Crippen LogP contribution in [0.1, 0.15) is 5.56 Å². The topological polar surface area (TPSA) is 33.0 Å². The lowest BCUT2D eigenvalue weighted by atomic mass is 10.2. The fraction of sp³-hybridized carbons (Fsp3) is 0.125. The summed E-state index contributed by atoms with van der Waals surface area (Å²) in [6.45, 7) is -2.94. The molecule has 2 nitrogen and oxygen atoms in total. The molecule has 0 radical (unpaired) electrons. The minimum Gasteiger partial charge on any atom is -0.433 e. The number of alkyl halides is 2. The minimum absolute atomic E-state index is 0.0923. The van der Waals surface area contributed by atoms with E-state index in [2.05, 4.69) is 4.74 Å². The summed E-state index contributed by atoms with van der Waals surface area (Å²) in [6.07, 6.45) is 0. The van der Waals surface area contributed by atoms with Gasteiger partial charge in [-0.05, 0) is 12.1 Å². The van der Waals surface area contributed by atoms with Gasteiger partial charge in [-0.2, -0.15) is 14.0 Å². The van der Waals surface area contributed by atoms with Crippen LogP contribution in [-0.4, -0.2) is 6.61 Å². The fourth-order valence-corrected chi connectivity index (χ4v) is 0.997. The van der Waals surface area contributed by atoms with Crippen LogP contribution in [0, 0.1) is 11.3 Å². The lowest BCUT2D eigenvalue weighted by Crippen LogP contribution is -2.02. The Kier molecular flexibility index (Phi) is 3.04. The molecule has 0 aliphatic heterocycles. The van der Waals surface area contributed by atoms with Crippen LogP contribution in [0.4, 0.5) is 8.78 Å². The first kappa shape index (κ1) is 9.75. The summed E-state index contributed by atoms with van der Waals surface area (Å²) in [4.78, 5) is 0. The molecule has 0 aromatic heterocycles. The van der Waals surface area contributed by atoms with Crippen molar-refractivity contribution in [3.63, 3.8) is 0 Å². The van der Waals surface area contributed by atoms with E-state index < -0.39 is 6.61 Å². The standard InChI is InChI=1S/C8H4ClF2NO/c9-7-5(4-12)2-1-3-6(7)13-8(10)11/h1-3,8H. The first-order chi connectivity index (χ1) is 6.15. The smallest absolute Gasteiger partial charge is 0.387 e. The van der Waals surface area contributed by atoms with E-state index in [-0.39, 0.29) is 16.3 Å². The van der Waals surface area contributed by atoms with Gasteiger partial charge in [0.1, 0.15) is 16.8 Å². The molecule has 0 atom stereocenters. The van der Waals surface area contributed by atoms with Gasteiger partial charge in [-0.3, -0.25) is 0 Å². The van der Waals surface area contributed by atoms with Gasteiger partial charge in [0, 0.05) is 0 Å². The van der Waals surface area contributed by atoms with Crippen molar-refractivity contribution in [2.45, 2.75) is 6.61 Å². The molecule has 0 saturated carbocycles. The Morgan fingerprint density at radius 2 is 2.15 bits per heavy atom. The van der Waals surface area contributed by atoms with E-state index in [0.29, 0.717) is 0 Å². The van der Waals surface area contributed by atoms with Crippen molar-refractivity contribution in [3.8, 4) is 11.8 Å². The lowest BCUT2D eigenvalue weighted by molar-refractivity contribution is -0.0497. The molecule has 0 spiro atoms. The molecule has 68 valence electrons. The van der Waals surface area contributed by atoms with Gasteiger partial charge in [0.2, 0.25) is 0 Å². The molecule has 0 unspecified atom stereocenters. The number of hydrogen-bond acceptors (Lipinski definition) is 2. The van der Waals surface area contributed by atoms with E-state index in [1.807, 2.05) is 0 Å². The van der Waals surface area contributed by atoms with Crippen LogP contribution in [-0.2, 0) is 0 Å². The summed E-state index contributed by atoms with van der Waals surface area (Å²) in [5, 5.41) is 8.41. The van der Waals surface area contributed by atoms with Crippen molar-refractivity contribution >= 4 is 11.6 Å². The van der Waals surface area contributed by atoms with Crippen LogP contribution in [0.5, 0.6) is 5.75 Å². The molecular formula is C8H4ClF2NO. The van der Waals surface area contributed by atoms with Crippen LogP contribution in [0.3, 0.4) is 0 Å². The Labute approximate surface area is 78.3 Å². The molecule has 0 heterocycles. The van der Waals surface area contributed by atoms with E-state index >= 15 is 0 Å². The predicted octanol–water partition coefficient (Wildman–Crippen LogP) is 2.81. The van der Waals surface area contributed by atoms with Crippen LogP contribution >= 0.6 is 11.6 Å². The summed E-state index contributed by atoms with van der Waals surface area (Å²) in [7, 11) is 0. The zero-order valence-corrected chi connectivity index (χ0v) is 7.05. The van der Waals surface area contributed by atoms with E-state index in [1.54, 1.807) is 6.07 Å². The summed E-state index contributed by atoms with van der Waals surface area (Å²) in [6, 6.07) is 5.86. The van der Waals surface area contributed by atoms with Crippen LogP contribution < -0.4 is 4.74 Å². The third-order valence-corrected chi connectivity index (χ3v) is 1.69. The SMILES string of the molecule is N#Cc1cccc(OC(F)F)c1Cl. The van der Waals surface area contributed by atoms with Gasteiger partial charge in [-0.25, -0.2) is 0 Å². The van der Waals surface area contributed by atoms with Crippen molar-refractivity contribution in [1.82, 2.24) is 0 Å². The van der Waals surface area contributed by atoms with Crippen LogP contribution in [0.25, 0.3) is 0 Å². The van der Waals surface area contributed by atoms with Gasteiger partial charge >= 0.3 is 6.61 Å². The van der Waals surface area contributed by atoms with Gasteiger partial charge in [0.05, 0.1) is 5.56 Å². The lowest BCUT2D eigenvalue weighted by Gasteiger charge is -2.06. The fourth-order valence-electron chi connectivity index (χ4n) is 0.784. The summed E-state index contributed by atoms with van der Waals surface area (Å²) in [5.41, 5.74) is 0.111. The number of hydrogen-bond donors (Lipinski definition) is 0. The maximum atomic E-state index is 11.8. The number of halogens is 3. The highest BCUT2D eigenvalue weighted by Gasteiger charge is 2.10. The molecule has 1 rings (SSSR count).